The minimum atomic E-state index is 0.318. The highest BCUT2D eigenvalue weighted by atomic mass is 16.5. The van der Waals surface area contributed by atoms with Gasteiger partial charge in [0.2, 0.25) is 0 Å². The van der Waals surface area contributed by atoms with Crippen LogP contribution in [0.25, 0.3) is 0 Å². The average Bonchev–Trinajstić information content (AvgIpc) is 2.25. The summed E-state index contributed by atoms with van der Waals surface area (Å²) < 4.78 is 5.53. The maximum Gasteiger partial charge on any atom is 0.0674 e. The molecule has 0 saturated carbocycles. The zero-order chi connectivity index (χ0) is 12.0. The lowest BCUT2D eigenvalue weighted by Gasteiger charge is -2.31. The van der Waals surface area contributed by atoms with Crippen molar-refractivity contribution in [2.75, 3.05) is 32.8 Å². The van der Waals surface area contributed by atoms with Gasteiger partial charge in [0.25, 0.3) is 0 Å². The van der Waals surface area contributed by atoms with Crippen LogP contribution in [0.3, 0.4) is 0 Å². The smallest absolute Gasteiger partial charge is 0.0674 e. The van der Waals surface area contributed by atoms with E-state index < -0.39 is 0 Å². The van der Waals surface area contributed by atoms with E-state index in [0.29, 0.717) is 11.5 Å². The van der Waals surface area contributed by atoms with Crippen LogP contribution in [0.1, 0.15) is 40.0 Å². The second-order valence-electron chi connectivity index (χ2n) is 5.81. The van der Waals surface area contributed by atoms with Gasteiger partial charge in [0, 0.05) is 13.1 Å². The Hall–Kier alpha value is -0.120. The Morgan fingerprint density at radius 1 is 1.38 bits per heavy atom. The molecular formula is C13H28N2O. The van der Waals surface area contributed by atoms with Crippen LogP contribution >= 0.6 is 0 Å². The quantitative estimate of drug-likeness (QED) is 0.705. The Kier molecular flexibility index (Phi) is 5.73. The van der Waals surface area contributed by atoms with E-state index >= 15 is 0 Å². The van der Waals surface area contributed by atoms with Gasteiger partial charge in [-0.3, -0.25) is 4.90 Å². The molecule has 1 aliphatic heterocycles. The summed E-state index contributed by atoms with van der Waals surface area (Å²) in [6.07, 6.45) is 4.23. The lowest BCUT2D eigenvalue weighted by atomic mass is 9.87. The fourth-order valence-electron chi connectivity index (χ4n) is 2.13. The molecule has 1 atom stereocenters. The highest BCUT2D eigenvalue weighted by molar-refractivity contribution is 4.71. The van der Waals surface area contributed by atoms with Gasteiger partial charge in [-0.25, -0.2) is 0 Å². The molecule has 3 heteroatoms. The Morgan fingerprint density at radius 2 is 2.12 bits per heavy atom. The number of nitrogens with two attached hydrogens (primary N) is 1. The van der Waals surface area contributed by atoms with Crippen molar-refractivity contribution >= 4 is 0 Å². The van der Waals surface area contributed by atoms with Crippen molar-refractivity contribution < 1.29 is 4.74 Å². The summed E-state index contributed by atoms with van der Waals surface area (Å²) in [7, 11) is 0. The first-order chi connectivity index (χ1) is 7.53. The molecule has 0 aromatic carbocycles. The van der Waals surface area contributed by atoms with Gasteiger partial charge in [-0.05, 0) is 38.3 Å². The molecule has 0 spiro atoms. The zero-order valence-electron chi connectivity index (χ0n) is 11.2. The number of unbranched alkanes of at least 4 members (excludes halogenated alkanes) is 1. The summed E-state index contributed by atoms with van der Waals surface area (Å²) in [5.41, 5.74) is 6.04. The van der Waals surface area contributed by atoms with Crippen molar-refractivity contribution in [2.24, 2.45) is 11.1 Å². The fraction of sp³-hybridized carbons (Fsp3) is 1.00. The number of hydrogen-bond acceptors (Lipinski definition) is 3. The summed E-state index contributed by atoms with van der Waals surface area (Å²) in [6, 6.07) is 0. The molecule has 0 bridgehead atoms. The number of nitrogens with zero attached hydrogens (tertiary/aromatic N) is 1. The molecule has 1 unspecified atom stereocenters. The van der Waals surface area contributed by atoms with Crippen molar-refractivity contribution in [3.8, 4) is 0 Å². The maximum atomic E-state index is 5.72. The first-order valence-electron chi connectivity index (χ1n) is 6.57. The largest absolute Gasteiger partial charge is 0.376 e. The Bertz CT molecular complexity index is 194. The molecule has 1 saturated heterocycles. The standard InChI is InChI=1S/C13H28N2O/c1-12-10-15(8-9-16-12)7-5-4-6-13(2,3)11-14/h12H,4-11,14H2,1-3H3. The van der Waals surface area contributed by atoms with Crippen molar-refractivity contribution in [1.82, 2.24) is 4.90 Å². The fourth-order valence-corrected chi connectivity index (χ4v) is 2.13. The van der Waals surface area contributed by atoms with E-state index in [1.54, 1.807) is 0 Å². The minimum Gasteiger partial charge on any atom is -0.376 e. The summed E-state index contributed by atoms with van der Waals surface area (Å²) >= 11 is 0. The van der Waals surface area contributed by atoms with E-state index in [4.69, 9.17) is 10.5 Å². The molecule has 0 radical (unpaired) electrons. The van der Waals surface area contributed by atoms with Crippen LogP contribution in [0.2, 0.25) is 0 Å². The third-order valence-corrected chi connectivity index (χ3v) is 3.46. The van der Waals surface area contributed by atoms with Crippen LogP contribution in [0.5, 0.6) is 0 Å². The van der Waals surface area contributed by atoms with E-state index in [1.807, 2.05) is 0 Å². The van der Waals surface area contributed by atoms with E-state index in [1.165, 1.54) is 25.8 Å². The van der Waals surface area contributed by atoms with Crippen LogP contribution in [0, 0.1) is 5.41 Å². The SMILES string of the molecule is CC1CN(CCCCC(C)(C)CN)CCO1. The topological polar surface area (TPSA) is 38.5 Å². The Morgan fingerprint density at radius 3 is 2.75 bits per heavy atom. The van der Waals surface area contributed by atoms with E-state index in [2.05, 4.69) is 25.7 Å². The van der Waals surface area contributed by atoms with E-state index in [9.17, 15) is 0 Å². The van der Waals surface area contributed by atoms with Crippen LogP contribution < -0.4 is 5.73 Å². The molecule has 1 heterocycles. The highest BCUT2D eigenvalue weighted by Crippen LogP contribution is 2.21. The molecule has 0 aromatic heterocycles. The third kappa shape index (κ3) is 5.28. The maximum absolute atomic E-state index is 5.72. The lowest BCUT2D eigenvalue weighted by molar-refractivity contribution is -0.0187. The molecule has 0 aliphatic carbocycles. The molecule has 1 aliphatic rings. The number of rotatable bonds is 6. The number of ether oxygens (including phenoxy) is 1. The zero-order valence-corrected chi connectivity index (χ0v) is 11.2. The molecular weight excluding hydrogens is 200 g/mol. The molecule has 0 amide bonds. The predicted octanol–water partition coefficient (Wildman–Crippen LogP) is 1.86. The highest BCUT2D eigenvalue weighted by Gasteiger charge is 2.17. The van der Waals surface area contributed by atoms with Crippen LogP contribution in [-0.4, -0.2) is 43.8 Å². The monoisotopic (exact) mass is 228 g/mol. The Balaban J connectivity index is 2.06. The van der Waals surface area contributed by atoms with Gasteiger partial charge in [0.05, 0.1) is 12.7 Å². The molecule has 16 heavy (non-hydrogen) atoms. The second kappa shape index (κ2) is 6.58. The van der Waals surface area contributed by atoms with E-state index in [0.717, 1.165) is 26.2 Å². The first-order valence-corrected chi connectivity index (χ1v) is 6.57. The van der Waals surface area contributed by atoms with Gasteiger partial charge >= 0.3 is 0 Å². The van der Waals surface area contributed by atoms with Crippen molar-refractivity contribution in [2.45, 2.75) is 46.1 Å². The molecule has 1 rings (SSSR count). The molecule has 2 N–H and O–H groups in total. The van der Waals surface area contributed by atoms with E-state index in [-0.39, 0.29) is 0 Å². The van der Waals surface area contributed by atoms with Crippen molar-refractivity contribution in [3.63, 3.8) is 0 Å². The van der Waals surface area contributed by atoms with Gasteiger partial charge < -0.3 is 10.5 Å². The summed E-state index contributed by atoms with van der Waals surface area (Å²) in [5, 5.41) is 0. The van der Waals surface area contributed by atoms with Crippen LogP contribution in [0.4, 0.5) is 0 Å². The minimum absolute atomic E-state index is 0.318. The number of hydrogen-bond donors (Lipinski definition) is 1. The third-order valence-electron chi connectivity index (χ3n) is 3.46. The molecule has 0 aromatic rings. The molecule has 1 fully saturated rings. The average molecular weight is 228 g/mol. The van der Waals surface area contributed by atoms with Gasteiger partial charge in [-0.1, -0.05) is 20.3 Å². The lowest BCUT2D eigenvalue weighted by Crippen LogP contribution is -2.41. The first kappa shape index (κ1) is 13.9. The van der Waals surface area contributed by atoms with Crippen LogP contribution in [0.15, 0.2) is 0 Å². The van der Waals surface area contributed by atoms with Gasteiger partial charge in [-0.15, -0.1) is 0 Å². The van der Waals surface area contributed by atoms with Gasteiger partial charge in [0.15, 0.2) is 0 Å². The van der Waals surface area contributed by atoms with Crippen molar-refractivity contribution in [3.05, 3.63) is 0 Å². The summed E-state index contributed by atoms with van der Waals surface area (Å²) in [6.45, 7) is 11.8. The van der Waals surface area contributed by atoms with Crippen molar-refractivity contribution in [1.29, 1.82) is 0 Å². The second-order valence-corrected chi connectivity index (χ2v) is 5.81. The van der Waals surface area contributed by atoms with Gasteiger partial charge in [0.1, 0.15) is 0 Å². The normalized spacial score (nSPS) is 23.6. The molecule has 96 valence electrons. The van der Waals surface area contributed by atoms with Crippen LogP contribution in [-0.2, 0) is 4.74 Å². The summed E-state index contributed by atoms with van der Waals surface area (Å²) in [5.74, 6) is 0. The van der Waals surface area contributed by atoms with Gasteiger partial charge in [-0.2, -0.15) is 0 Å². The molecule has 3 nitrogen and oxygen atoms in total. The Labute approximate surface area is 100 Å². The predicted molar refractivity (Wildman–Crippen MR) is 68.5 cm³/mol. The summed E-state index contributed by atoms with van der Waals surface area (Å²) in [4.78, 5) is 2.52. The number of morpholine rings is 1.